The van der Waals surface area contributed by atoms with Crippen molar-refractivity contribution in [3.05, 3.63) is 57.3 Å². The number of aryl methyl sites for hydroxylation is 2. The molecule has 3 rings (SSSR count). The molecular weight excluding hydrogens is 374 g/mol. The third-order valence-electron chi connectivity index (χ3n) is 3.94. The fourth-order valence-corrected chi connectivity index (χ4v) is 4.90. The van der Waals surface area contributed by atoms with E-state index in [0.29, 0.717) is 5.02 Å². The van der Waals surface area contributed by atoms with Gasteiger partial charge in [-0.3, -0.25) is 4.79 Å². The average Bonchev–Trinajstić information content (AvgIpc) is 3.11. The lowest BCUT2D eigenvalue weighted by atomic mass is 10.1. The Bertz CT molecular complexity index is 915. The summed E-state index contributed by atoms with van der Waals surface area (Å²) in [5.74, 6) is 0.103. The van der Waals surface area contributed by atoms with Crippen molar-refractivity contribution in [1.29, 1.82) is 0 Å². The van der Waals surface area contributed by atoms with E-state index < -0.39 is 0 Å². The van der Waals surface area contributed by atoms with E-state index in [0.717, 1.165) is 32.0 Å². The van der Waals surface area contributed by atoms with Crippen molar-refractivity contribution in [2.24, 2.45) is 0 Å². The maximum Gasteiger partial charge on any atom is 0.177 e. The highest BCUT2D eigenvalue weighted by atomic mass is 35.5. The molecule has 2 aromatic heterocycles. The van der Waals surface area contributed by atoms with E-state index in [-0.39, 0.29) is 11.0 Å². The number of carbonyl (C=O) groups is 1. The van der Waals surface area contributed by atoms with Gasteiger partial charge in [-0.2, -0.15) is 0 Å². The van der Waals surface area contributed by atoms with E-state index in [1.165, 1.54) is 23.1 Å². The van der Waals surface area contributed by atoms with Crippen LogP contribution in [0.2, 0.25) is 5.02 Å². The van der Waals surface area contributed by atoms with Gasteiger partial charge in [0.2, 0.25) is 0 Å². The second-order valence-electron chi connectivity index (χ2n) is 5.81. The van der Waals surface area contributed by atoms with Gasteiger partial charge in [0.15, 0.2) is 10.1 Å². The largest absolute Gasteiger partial charge is 0.318 e. The first-order valence-corrected chi connectivity index (χ1v) is 9.90. The van der Waals surface area contributed by atoms with Crippen LogP contribution in [0.15, 0.2) is 34.7 Å². The summed E-state index contributed by atoms with van der Waals surface area (Å²) in [4.78, 5) is 12.9. The smallest absolute Gasteiger partial charge is 0.177 e. The monoisotopic (exact) mass is 391 g/mol. The maximum atomic E-state index is 12.9. The predicted octanol–water partition coefficient (Wildman–Crippen LogP) is 5.27. The van der Waals surface area contributed by atoms with Crippen LogP contribution in [0.3, 0.4) is 0 Å². The predicted molar refractivity (Wildman–Crippen MR) is 105 cm³/mol. The van der Waals surface area contributed by atoms with Crippen molar-refractivity contribution in [3.8, 4) is 5.69 Å². The number of hydrogen-bond acceptors (Lipinski definition) is 5. The number of rotatable bonds is 5. The fourth-order valence-electron chi connectivity index (χ4n) is 2.75. The van der Waals surface area contributed by atoms with Crippen LogP contribution >= 0.6 is 34.7 Å². The van der Waals surface area contributed by atoms with E-state index >= 15 is 0 Å². The van der Waals surface area contributed by atoms with Crippen LogP contribution in [-0.2, 0) is 0 Å². The van der Waals surface area contributed by atoms with Crippen LogP contribution in [-0.4, -0.2) is 25.8 Å². The Labute approximate surface area is 160 Å². The molecular formula is C18H18ClN3OS2. The highest BCUT2D eigenvalue weighted by molar-refractivity contribution is 8.02. The number of aromatic nitrogens is 3. The summed E-state index contributed by atoms with van der Waals surface area (Å²) in [7, 11) is 0. The molecule has 3 aromatic rings. The zero-order valence-corrected chi connectivity index (χ0v) is 16.8. The lowest BCUT2D eigenvalue weighted by Crippen LogP contribution is -2.14. The molecule has 0 N–H and O–H groups in total. The first-order chi connectivity index (χ1) is 11.9. The molecule has 25 heavy (non-hydrogen) atoms. The Morgan fingerprint density at radius 2 is 1.88 bits per heavy atom. The molecule has 0 saturated carbocycles. The van der Waals surface area contributed by atoms with E-state index in [1.807, 2.05) is 58.0 Å². The van der Waals surface area contributed by atoms with E-state index in [2.05, 4.69) is 14.8 Å². The maximum absolute atomic E-state index is 12.9. The number of ketones is 1. The van der Waals surface area contributed by atoms with Gasteiger partial charge >= 0.3 is 0 Å². The minimum atomic E-state index is -0.216. The fraction of sp³-hybridized carbons (Fsp3) is 0.278. The second kappa shape index (κ2) is 7.32. The summed E-state index contributed by atoms with van der Waals surface area (Å²) in [6.07, 6.45) is 0. The number of Topliss-reactive ketones (excluding diaryl/α,β-unsaturated/α-hetero) is 1. The van der Waals surface area contributed by atoms with E-state index in [9.17, 15) is 4.79 Å². The van der Waals surface area contributed by atoms with Crippen LogP contribution in [0, 0.1) is 20.8 Å². The lowest BCUT2D eigenvalue weighted by molar-refractivity contribution is 0.0993. The van der Waals surface area contributed by atoms with E-state index in [4.69, 9.17) is 11.6 Å². The number of thioether (sulfide) groups is 1. The second-order valence-corrected chi connectivity index (χ2v) is 9.01. The van der Waals surface area contributed by atoms with Crippen molar-refractivity contribution in [3.63, 3.8) is 0 Å². The molecule has 1 atom stereocenters. The highest BCUT2D eigenvalue weighted by Crippen LogP contribution is 2.30. The zero-order chi connectivity index (χ0) is 18.1. The normalized spacial score (nSPS) is 12.4. The van der Waals surface area contributed by atoms with Crippen LogP contribution in [0.1, 0.15) is 33.7 Å². The van der Waals surface area contributed by atoms with Gasteiger partial charge in [0.25, 0.3) is 0 Å². The molecule has 0 spiro atoms. The first kappa shape index (κ1) is 18.2. The summed E-state index contributed by atoms with van der Waals surface area (Å²) in [6.45, 7) is 7.80. The molecule has 0 saturated heterocycles. The van der Waals surface area contributed by atoms with E-state index in [1.54, 1.807) is 0 Å². The van der Waals surface area contributed by atoms with Gasteiger partial charge < -0.3 is 4.57 Å². The van der Waals surface area contributed by atoms with Gasteiger partial charge in [0.1, 0.15) is 5.01 Å². The summed E-state index contributed by atoms with van der Waals surface area (Å²) in [6, 6.07) is 9.58. The first-order valence-electron chi connectivity index (χ1n) is 7.82. The van der Waals surface area contributed by atoms with Crippen molar-refractivity contribution in [1.82, 2.24) is 14.8 Å². The van der Waals surface area contributed by atoms with Gasteiger partial charge in [-0.1, -0.05) is 34.7 Å². The summed E-state index contributed by atoms with van der Waals surface area (Å²) in [5.41, 5.74) is 3.70. The molecule has 130 valence electrons. The van der Waals surface area contributed by atoms with Crippen molar-refractivity contribution >= 4 is 40.5 Å². The van der Waals surface area contributed by atoms with Gasteiger partial charge in [-0.05, 0) is 58.0 Å². The van der Waals surface area contributed by atoms with Crippen LogP contribution < -0.4 is 0 Å². The minimum absolute atomic E-state index is 0.103. The minimum Gasteiger partial charge on any atom is -0.318 e. The molecule has 0 aliphatic carbocycles. The molecule has 0 aliphatic heterocycles. The molecule has 2 heterocycles. The molecule has 0 amide bonds. The Morgan fingerprint density at radius 1 is 1.20 bits per heavy atom. The molecule has 7 heteroatoms. The third kappa shape index (κ3) is 3.81. The van der Waals surface area contributed by atoms with Crippen LogP contribution in [0.25, 0.3) is 5.69 Å². The molecule has 0 bridgehead atoms. The lowest BCUT2D eigenvalue weighted by Gasteiger charge is -2.11. The number of halogens is 1. The van der Waals surface area contributed by atoms with Crippen LogP contribution in [0.5, 0.6) is 0 Å². The third-order valence-corrected chi connectivity index (χ3v) is 6.21. The highest BCUT2D eigenvalue weighted by Gasteiger charge is 2.23. The van der Waals surface area contributed by atoms with Gasteiger partial charge in [0.05, 0.1) is 5.25 Å². The van der Waals surface area contributed by atoms with Gasteiger partial charge in [0, 0.05) is 27.7 Å². The van der Waals surface area contributed by atoms with Gasteiger partial charge in [-0.25, -0.2) is 0 Å². The number of carbonyl (C=O) groups excluding carboxylic acids is 1. The van der Waals surface area contributed by atoms with Crippen LogP contribution in [0.4, 0.5) is 0 Å². The molecule has 0 fully saturated rings. The quantitative estimate of drug-likeness (QED) is 0.439. The zero-order valence-electron chi connectivity index (χ0n) is 14.4. The topological polar surface area (TPSA) is 47.8 Å². The number of hydrogen-bond donors (Lipinski definition) is 0. The molecule has 1 aromatic carbocycles. The Kier molecular flexibility index (Phi) is 5.32. The summed E-state index contributed by atoms with van der Waals surface area (Å²) in [5, 5.41) is 9.48. The average molecular weight is 392 g/mol. The van der Waals surface area contributed by atoms with Gasteiger partial charge in [-0.15, -0.1) is 10.2 Å². The molecule has 4 nitrogen and oxygen atoms in total. The van der Waals surface area contributed by atoms with Crippen molar-refractivity contribution in [2.75, 3.05) is 0 Å². The summed E-state index contributed by atoms with van der Waals surface area (Å²) < 4.78 is 2.90. The SMILES string of the molecule is Cc1nnc(S[C@H](C)C(=O)c2cc(C)n(-c3ccc(Cl)cc3)c2C)s1. The van der Waals surface area contributed by atoms with Crippen molar-refractivity contribution < 1.29 is 4.79 Å². The Balaban J connectivity index is 1.88. The number of benzene rings is 1. The Morgan fingerprint density at radius 3 is 2.48 bits per heavy atom. The summed E-state index contributed by atoms with van der Waals surface area (Å²) >= 11 is 8.95. The number of nitrogens with zero attached hydrogens (tertiary/aromatic N) is 3. The van der Waals surface area contributed by atoms with Crippen molar-refractivity contribution in [2.45, 2.75) is 37.3 Å². The Hall–Kier alpha value is -1.63. The molecule has 0 unspecified atom stereocenters. The standard InChI is InChI=1S/C18H18ClN3OS2/c1-10-9-16(11(2)22(10)15-7-5-14(19)6-8-15)17(23)12(3)24-18-21-20-13(4)25-18/h5-9,12H,1-4H3/t12-/m1/s1. The molecule has 0 radical (unpaired) electrons. The molecule has 0 aliphatic rings.